The molecule has 170 valence electrons. The lowest BCUT2D eigenvalue weighted by molar-refractivity contribution is -0.137. The third kappa shape index (κ3) is 4.90. The normalized spacial score (nSPS) is 12.6. The molecule has 0 spiro atoms. The van der Waals surface area contributed by atoms with Crippen molar-refractivity contribution in [3.8, 4) is 28.3 Å². The molecule has 4 aromatic rings. The van der Waals surface area contributed by atoms with Crippen LogP contribution in [-0.4, -0.2) is 27.7 Å². The highest BCUT2D eigenvalue weighted by molar-refractivity contribution is 5.91. The molecule has 0 saturated carbocycles. The van der Waals surface area contributed by atoms with Crippen molar-refractivity contribution in [2.24, 2.45) is 5.73 Å². The van der Waals surface area contributed by atoms with Gasteiger partial charge in [-0.15, -0.1) is 0 Å². The van der Waals surface area contributed by atoms with E-state index >= 15 is 0 Å². The number of rotatable bonds is 6. The predicted molar refractivity (Wildman–Crippen MR) is 124 cm³/mol. The van der Waals surface area contributed by atoms with E-state index in [-0.39, 0.29) is 17.6 Å². The Morgan fingerprint density at radius 2 is 1.73 bits per heavy atom. The zero-order valence-corrected chi connectivity index (χ0v) is 17.9. The molecule has 33 heavy (non-hydrogen) atoms. The number of phenols is 1. The number of nitrogens with one attached hydrogen (secondary N) is 1. The fraction of sp³-hybridized carbons (Fsp3) is 0.200. The van der Waals surface area contributed by atoms with Gasteiger partial charge in [0.1, 0.15) is 11.6 Å². The van der Waals surface area contributed by atoms with E-state index in [1.54, 1.807) is 18.2 Å². The third-order valence-electron chi connectivity index (χ3n) is 5.42. The summed E-state index contributed by atoms with van der Waals surface area (Å²) in [5, 5.41) is 14.6. The summed E-state index contributed by atoms with van der Waals surface area (Å²) in [7, 11) is 0. The number of halogens is 3. The van der Waals surface area contributed by atoms with Gasteiger partial charge in [-0.05, 0) is 53.9 Å². The average Bonchev–Trinajstić information content (AvgIpc) is 2.82. The van der Waals surface area contributed by atoms with E-state index in [1.807, 2.05) is 31.2 Å². The zero-order valence-electron chi connectivity index (χ0n) is 17.9. The van der Waals surface area contributed by atoms with Crippen LogP contribution >= 0.6 is 0 Å². The molecule has 0 radical (unpaired) electrons. The van der Waals surface area contributed by atoms with Gasteiger partial charge in [-0.1, -0.05) is 37.3 Å². The standard InChI is InChI=1S/C25H23F3N4O/c1-2-18(29)14-30-23-19-8-3-4-9-21(19)31-24(32-23)20-13-16(10-11-22(20)33)15-6-5-7-17(12-15)25(26,27)28/h3-13,18,33H,2,14,29H2,1H3,(H,30,31,32)/t18-/m1/s1. The number of aromatic hydroxyl groups is 1. The molecule has 1 atom stereocenters. The van der Waals surface area contributed by atoms with Crippen LogP contribution in [0.15, 0.2) is 66.7 Å². The Morgan fingerprint density at radius 3 is 2.48 bits per heavy atom. The number of aromatic nitrogens is 2. The van der Waals surface area contributed by atoms with Crippen molar-refractivity contribution in [3.63, 3.8) is 0 Å². The molecule has 0 bridgehead atoms. The summed E-state index contributed by atoms with van der Waals surface area (Å²) in [6.07, 6.45) is -3.65. The number of para-hydroxylation sites is 1. The lowest BCUT2D eigenvalue weighted by Crippen LogP contribution is -2.28. The highest BCUT2D eigenvalue weighted by Crippen LogP contribution is 2.36. The lowest BCUT2D eigenvalue weighted by Gasteiger charge is -2.15. The van der Waals surface area contributed by atoms with Gasteiger partial charge >= 0.3 is 6.18 Å². The minimum absolute atomic E-state index is 0.0557. The van der Waals surface area contributed by atoms with Gasteiger partial charge in [0, 0.05) is 18.0 Å². The van der Waals surface area contributed by atoms with Crippen LogP contribution < -0.4 is 11.1 Å². The number of nitrogens with zero attached hydrogens (tertiary/aromatic N) is 2. The van der Waals surface area contributed by atoms with Crippen LogP contribution in [0.1, 0.15) is 18.9 Å². The van der Waals surface area contributed by atoms with E-state index in [0.717, 1.165) is 23.9 Å². The summed E-state index contributed by atoms with van der Waals surface area (Å²) in [4.78, 5) is 9.20. The molecule has 1 heterocycles. The second-order valence-corrected chi connectivity index (χ2v) is 7.77. The highest BCUT2D eigenvalue weighted by Gasteiger charge is 2.30. The number of nitrogens with two attached hydrogens (primary N) is 1. The largest absolute Gasteiger partial charge is 0.507 e. The van der Waals surface area contributed by atoms with Gasteiger partial charge in [0.05, 0.1) is 16.6 Å². The van der Waals surface area contributed by atoms with Crippen LogP contribution in [-0.2, 0) is 6.18 Å². The Hall–Kier alpha value is -3.65. The minimum atomic E-state index is -4.45. The van der Waals surface area contributed by atoms with Gasteiger partial charge < -0.3 is 16.2 Å². The number of phenolic OH excluding ortho intramolecular Hbond substituents is 1. The number of hydrogen-bond acceptors (Lipinski definition) is 5. The molecule has 0 amide bonds. The SMILES string of the molecule is CC[C@@H](N)CNc1nc(-c2cc(-c3cccc(C(F)(F)F)c3)ccc2O)nc2ccccc12. The minimum Gasteiger partial charge on any atom is -0.507 e. The first-order valence-electron chi connectivity index (χ1n) is 10.5. The van der Waals surface area contributed by atoms with E-state index in [9.17, 15) is 18.3 Å². The second-order valence-electron chi connectivity index (χ2n) is 7.77. The average molecular weight is 452 g/mol. The van der Waals surface area contributed by atoms with Gasteiger partial charge in [0.15, 0.2) is 5.82 Å². The number of anilines is 1. The molecule has 4 rings (SSSR count). The molecular weight excluding hydrogens is 429 g/mol. The molecule has 0 unspecified atom stereocenters. The maximum absolute atomic E-state index is 13.2. The van der Waals surface area contributed by atoms with E-state index in [4.69, 9.17) is 5.73 Å². The van der Waals surface area contributed by atoms with Crippen molar-refractivity contribution in [1.82, 2.24) is 9.97 Å². The number of alkyl halides is 3. The van der Waals surface area contributed by atoms with Crippen molar-refractivity contribution in [2.75, 3.05) is 11.9 Å². The topological polar surface area (TPSA) is 84.1 Å². The van der Waals surface area contributed by atoms with Crippen molar-refractivity contribution in [1.29, 1.82) is 0 Å². The van der Waals surface area contributed by atoms with E-state index in [1.165, 1.54) is 12.1 Å². The number of hydrogen-bond donors (Lipinski definition) is 3. The van der Waals surface area contributed by atoms with Crippen molar-refractivity contribution in [2.45, 2.75) is 25.6 Å². The molecule has 5 nitrogen and oxygen atoms in total. The first-order valence-corrected chi connectivity index (χ1v) is 10.5. The predicted octanol–water partition coefficient (Wildman–Crippen LogP) is 5.84. The third-order valence-corrected chi connectivity index (χ3v) is 5.42. The summed E-state index contributed by atoms with van der Waals surface area (Å²) in [6.45, 7) is 2.50. The fourth-order valence-electron chi connectivity index (χ4n) is 3.47. The molecule has 8 heteroatoms. The van der Waals surface area contributed by atoms with Crippen LogP contribution in [0.4, 0.5) is 19.0 Å². The van der Waals surface area contributed by atoms with Gasteiger partial charge in [0.25, 0.3) is 0 Å². The van der Waals surface area contributed by atoms with Crippen LogP contribution in [0.5, 0.6) is 5.75 Å². The smallest absolute Gasteiger partial charge is 0.416 e. The van der Waals surface area contributed by atoms with Crippen LogP contribution in [0.25, 0.3) is 33.4 Å². The van der Waals surface area contributed by atoms with E-state index in [2.05, 4.69) is 15.3 Å². The quantitative estimate of drug-likeness (QED) is 0.342. The molecule has 0 fully saturated rings. The Kier molecular flexibility index (Phi) is 6.20. The summed E-state index contributed by atoms with van der Waals surface area (Å²) in [6, 6.07) is 17.0. The Labute approximate surface area is 189 Å². The first-order chi connectivity index (χ1) is 15.8. The Morgan fingerprint density at radius 1 is 0.970 bits per heavy atom. The van der Waals surface area contributed by atoms with Gasteiger partial charge in [-0.2, -0.15) is 13.2 Å². The van der Waals surface area contributed by atoms with Crippen molar-refractivity contribution >= 4 is 16.7 Å². The summed E-state index contributed by atoms with van der Waals surface area (Å²) in [5.74, 6) is 0.758. The molecule has 1 aromatic heterocycles. The van der Waals surface area contributed by atoms with Crippen LogP contribution in [0, 0.1) is 0 Å². The molecule has 0 aliphatic rings. The highest BCUT2D eigenvalue weighted by atomic mass is 19.4. The molecule has 0 aliphatic heterocycles. The summed E-state index contributed by atoms with van der Waals surface area (Å²) in [5.41, 5.74) is 7.16. The van der Waals surface area contributed by atoms with Gasteiger partial charge in [0.2, 0.25) is 0 Å². The first kappa shape index (κ1) is 22.5. The maximum atomic E-state index is 13.2. The molecule has 0 aliphatic carbocycles. The second kappa shape index (κ2) is 9.07. The monoisotopic (exact) mass is 452 g/mol. The van der Waals surface area contributed by atoms with E-state index in [0.29, 0.717) is 34.6 Å². The van der Waals surface area contributed by atoms with Gasteiger partial charge in [-0.25, -0.2) is 9.97 Å². The summed E-state index contributed by atoms with van der Waals surface area (Å²) >= 11 is 0. The van der Waals surface area contributed by atoms with Crippen LogP contribution in [0.3, 0.4) is 0 Å². The number of benzene rings is 3. The Bertz CT molecular complexity index is 1290. The van der Waals surface area contributed by atoms with Gasteiger partial charge in [-0.3, -0.25) is 0 Å². The molecule has 4 N–H and O–H groups in total. The molecular formula is C25H23F3N4O. The van der Waals surface area contributed by atoms with E-state index < -0.39 is 11.7 Å². The molecule has 0 saturated heterocycles. The maximum Gasteiger partial charge on any atom is 0.416 e. The van der Waals surface area contributed by atoms with Crippen molar-refractivity contribution < 1.29 is 18.3 Å². The lowest BCUT2D eigenvalue weighted by atomic mass is 10.00. The van der Waals surface area contributed by atoms with Crippen molar-refractivity contribution in [3.05, 3.63) is 72.3 Å². The summed E-state index contributed by atoms with van der Waals surface area (Å²) < 4.78 is 39.5. The molecule has 3 aromatic carbocycles. The Balaban J connectivity index is 1.80. The van der Waals surface area contributed by atoms with Crippen LogP contribution in [0.2, 0.25) is 0 Å². The number of fused-ring (bicyclic) bond motifs is 1. The fourth-order valence-corrected chi connectivity index (χ4v) is 3.47. The zero-order chi connectivity index (χ0) is 23.6.